The van der Waals surface area contributed by atoms with Gasteiger partial charge in [-0.05, 0) is 28.1 Å². The van der Waals surface area contributed by atoms with Crippen LogP contribution in [0.15, 0.2) is 29.0 Å². The number of pyridine rings is 2. The summed E-state index contributed by atoms with van der Waals surface area (Å²) in [6, 6.07) is 3.01. The second-order valence-corrected chi connectivity index (χ2v) is 5.41. The molecule has 2 N–H and O–H groups in total. The van der Waals surface area contributed by atoms with Crippen LogP contribution in [0, 0.1) is 0 Å². The van der Waals surface area contributed by atoms with Crippen LogP contribution in [0.2, 0.25) is 0 Å². The number of ether oxygens (including phenoxy) is 1. The number of aromatic nitrogens is 2. The van der Waals surface area contributed by atoms with Crippen LogP contribution < -0.4 is 10.1 Å². The zero-order valence-electron chi connectivity index (χ0n) is 11.0. The van der Waals surface area contributed by atoms with E-state index in [-0.39, 0.29) is 5.56 Å². The molecule has 0 spiro atoms. The molecule has 108 valence electrons. The first-order valence-electron chi connectivity index (χ1n) is 6.37. The van der Waals surface area contributed by atoms with Gasteiger partial charge < -0.3 is 15.2 Å². The Kier molecular flexibility index (Phi) is 3.74. The first kappa shape index (κ1) is 13.8. The number of carboxylic acid groups (broad SMARTS) is 1. The van der Waals surface area contributed by atoms with Gasteiger partial charge in [0.05, 0.1) is 28.9 Å². The molecule has 0 unspecified atom stereocenters. The lowest BCUT2D eigenvalue weighted by Gasteiger charge is -2.10. The summed E-state index contributed by atoms with van der Waals surface area (Å²) in [5.41, 5.74) is 1.89. The van der Waals surface area contributed by atoms with Crippen molar-refractivity contribution in [2.24, 2.45) is 0 Å². The minimum Gasteiger partial charge on any atom is -0.492 e. The maximum atomic E-state index is 10.9. The van der Waals surface area contributed by atoms with Gasteiger partial charge >= 0.3 is 5.97 Å². The van der Waals surface area contributed by atoms with E-state index in [1.807, 2.05) is 0 Å². The van der Waals surface area contributed by atoms with E-state index in [4.69, 9.17) is 9.84 Å². The summed E-state index contributed by atoms with van der Waals surface area (Å²) in [6.07, 6.45) is 3.98. The molecule has 6 nitrogen and oxygen atoms in total. The molecule has 0 aliphatic carbocycles. The van der Waals surface area contributed by atoms with Crippen molar-refractivity contribution in [2.75, 3.05) is 11.9 Å². The number of carboxylic acids is 1. The number of aromatic carboxylic acids is 1. The predicted octanol–water partition coefficient (Wildman–Crippen LogP) is 2.48. The van der Waals surface area contributed by atoms with Gasteiger partial charge in [-0.3, -0.25) is 4.98 Å². The average Bonchev–Trinajstić information content (AvgIpc) is 2.97. The van der Waals surface area contributed by atoms with Crippen molar-refractivity contribution < 1.29 is 14.6 Å². The largest absolute Gasteiger partial charge is 0.492 e. The van der Waals surface area contributed by atoms with E-state index in [0.717, 1.165) is 28.0 Å². The van der Waals surface area contributed by atoms with Crippen molar-refractivity contribution in [1.82, 2.24) is 9.97 Å². The smallest absolute Gasteiger partial charge is 0.335 e. The standard InChI is InChI=1S/C14H12BrN3O3/c15-11-7-18-13(10-2-4-21-12(10)11)17-6-9-5-8(14(19)20)1-3-16-9/h1,3,5,7H,2,4,6H2,(H,17,18)(H,19,20). The zero-order valence-corrected chi connectivity index (χ0v) is 12.6. The van der Waals surface area contributed by atoms with E-state index in [1.165, 1.54) is 12.3 Å². The Morgan fingerprint density at radius 3 is 3.14 bits per heavy atom. The summed E-state index contributed by atoms with van der Waals surface area (Å²) in [7, 11) is 0. The molecule has 0 saturated carbocycles. The summed E-state index contributed by atoms with van der Waals surface area (Å²) in [6.45, 7) is 1.04. The van der Waals surface area contributed by atoms with Crippen LogP contribution in [0.5, 0.6) is 5.75 Å². The monoisotopic (exact) mass is 349 g/mol. The first-order valence-corrected chi connectivity index (χ1v) is 7.16. The van der Waals surface area contributed by atoms with Gasteiger partial charge in [0.2, 0.25) is 0 Å². The van der Waals surface area contributed by atoms with Gasteiger partial charge in [-0.25, -0.2) is 9.78 Å². The van der Waals surface area contributed by atoms with Crippen LogP contribution in [0.3, 0.4) is 0 Å². The number of carbonyl (C=O) groups is 1. The highest BCUT2D eigenvalue weighted by atomic mass is 79.9. The first-order chi connectivity index (χ1) is 10.1. The van der Waals surface area contributed by atoms with Gasteiger partial charge in [0.1, 0.15) is 11.6 Å². The molecule has 0 amide bonds. The molecular weight excluding hydrogens is 338 g/mol. The Bertz CT molecular complexity index is 706. The van der Waals surface area contributed by atoms with Crippen molar-refractivity contribution in [3.63, 3.8) is 0 Å². The normalized spacial score (nSPS) is 12.6. The predicted molar refractivity (Wildman–Crippen MR) is 79.7 cm³/mol. The molecular formula is C14H12BrN3O3. The zero-order chi connectivity index (χ0) is 14.8. The Hall–Kier alpha value is -2.15. The van der Waals surface area contributed by atoms with E-state index in [1.54, 1.807) is 12.3 Å². The van der Waals surface area contributed by atoms with Crippen LogP contribution in [-0.4, -0.2) is 27.7 Å². The minimum atomic E-state index is -0.963. The summed E-state index contributed by atoms with van der Waals surface area (Å²) in [4.78, 5) is 19.4. The molecule has 3 heterocycles. The van der Waals surface area contributed by atoms with E-state index < -0.39 is 5.97 Å². The molecule has 21 heavy (non-hydrogen) atoms. The summed E-state index contributed by atoms with van der Waals surface area (Å²) < 4.78 is 6.39. The molecule has 7 heteroatoms. The number of anilines is 1. The molecule has 0 bridgehead atoms. The van der Waals surface area contributed by atoms with Crippen molar-refractivity contribution in [2.45, 2.75) is 13.0 Å². The van der Waals surface area contributed by atoms with Crippen molar-refractivity contribution in [3.05, 3.63) is 45.8 Å². The lowest BCUT2D eigenvalue weighted by Crippen LogP contribution is -2.07. The third kappa shape index (κ3) is 2.82. The van der Waals surface area contributed by atoms with E-state index in [2.05, 4.69) is 31.2 Å². The fourth-order valence-electron chi connectivity index (χ4n) is 2.19. The van der Waals surface area contributed by atoms with E-state index in [0.29, 0.717) is 18.8 Å². The molecule has 1 aliphatic heterocycles. The quantitative estimate of drug-likeness (QED) is 0.881. The summed E-state index contributed by atoms with van der Waals surface area (Å²) in [5, 5.41) is 12.2. The van der Waals surface area contributed by atoms with Gasteiger partial charge in [-0.2, -0.15) is 0 Å². The second-order valence-electron chi connectivity index (χ2n) is 4.56. The fourth-order valence-corrected chi connectivity index (χ4v) is 2.64. The summed E-state index contributed by atoms with van der Waals surface area (Å²) >= 11 is 3.41. The Morgan fingerprint density at radius 1 is 1.48 bits per heavy atom. The molecule has 0 atom stereocenters. The Labute approximate surface area is 129 Å². The SMILES string of the molecule is O=C(O)c1ccnc(CNc2ncc(Br)c3c2CCO3)c1. The molecule has 2 aromatic rings. The van der Waals surface area contributed by atoms with Gasteiger partial charge in [-0.1, -0.05) is 0 Å². The fraction of sp³-hybridized carbons (Fsp3) is 0.214. The number of halogens is 1. The third-order valence-electron chi connectivity index (χ3n) is 3.18. The van der Waals surface area contributed by atoms with Crippen LogP contribution >= 0.6 is 15.9 Å². The topological polar surface area (TPSA) is 84.3 Å². The van der Waals surface area contributed by atoms with E-state index in [9.17, 15) is 4.79 Å². The molecule has 0 saturated heterocycles. The highest BCUT2D eigenvalue weighted by Gasteiger charge is 2.20. The maximum Gasteiger partial charge on any atom is 0.335 e. The van der Waals surface area contributed by atoms with Crippen molar-refractivity contribution >= 4 is 27.7 Å². The average molecular weight is 350 g/mol. The number of rotatable bonds is 4. The summed E-state index contributed by atoms with van der Waals surface area (Å²) in [5.74, 6) is 0.600. The highest BCUT2D eigenvalue weighted by Crippen LogP contribution is 2.36. The van der Waals surface area contributed by atoms with Crippen molar-refractivity contribution in [3.8, 4) is 5.75 Å². The third-order valence-corrected chi connectivity index (χ3v) is 3.75. The Balaban J connectivity index is 1.78. The second kappa shape index (κ2) is 5.69. The number of nitrogens with zero attached hydrogens (tertiary/aromatic N) is 2. The van der Waals surface area contributed by atoms with Crippen LogP contribution in [-0.2, 0) is 13.0 Å². The molecule has 2 aromatic heterocycles. The number of nitrogens with one attached hydrogen (secondary N) is 1. The lowest BCUT2D eigenvalue weighted by atomic mass is 10.2. The number of fused-ring (bicyclic) bond motifs is 1. The number of hydrogen-bond donors (Lipinski definition) is 2. The lowest BCUT2D eigenvalue weighted by molar-refractivity contribution is 0.0696. The molecule has 0 fully saturated rings. The number of hydrogen-bond acceptors (Lipinski definition) is 5. The van der Waals surface area contributed by atoms with E-state index >= 15 is 0 Å². The minimum absolute atomic E-state index is 0.221. The molecule has 1 aliphatic rings. The highest BCUT2D eigenvalue weighted by molar-refractivity contribution is 9.10. The van der Waals surface area contributed by atoms with Gasteiger partial charge in [0, 0.05) is 24.4 Å². The van der Waals surface area contributed by atoms with Crippen LogP contribution in [0.4, 0.5) is 5.82 Å². The molecule has 0 radical (unpaired) electrons. The van der Waals surface area contributed by atoms with Crippen LogP contribution in [0.25, 0.3) is 0 Å². The van der Waals surface area contributed by atoms with Gasteiger partial charge in [-0.15, -0.1) is 0 Å². The van der Waals surface area contributed by atoms with Gasteiger partial charge in [0.25, 0.3) is 0 Å². The Morgan fingerprint density at radius 2 is 2.33 bits per heavy atom. The van der Waals surface area contributed by atoms with Crippen LogP contribution in [0.1, 0.15) is 21.6 Å². The maximum absolute atomic E-state index is 10.9. The molecule has 3 rings (SSSR count). The molecule has 0 aromatic carbocycles. The van der Waals surface area contributed by atoms with Gasteiger partial charge in [0.15, 0.2) is 0 Å². The van der Waals surface area contributed by atoms with Crippen molar-refractivity contribution in [1.29, 1.82) is 0 Å².